The van der Waals surface area contributed by atoms with E-state index in [-0.39, 0.29) is 21.5 Å². The van der Waals surface area contributed by atoms with Crippen LogP contribution >= 0.6 is 23.2 Å². The fourth-order valence-corrected chi connectivity index (χ4v) is 3.96. The molecule has 0 saturated heterocycles. The van der Waals surface area contributed by atoms with Gasteiger partial charge in [0.2, 0.25) is 10.0 Å². The second kappa shape index (κ2) is 5.77. The van der Waals surface area contributed by atoms with Crippen molar-refractivity contribution >= 4 is 33.2 Å². The van der Waals surface area contributed by atoms with Crippen LogP contribution in [0.25, 0.3) is 0 Å². The summed E-state index contributed by atoms with van der Waals surface area (Å²) < 4.78 is 29.0. The number of halogens is 2. The first-order chi connectivity index (χ1) is 9.33. The molecule has 108 valence electrons. The first-order valence-electron chi connectivity index (χ1n) is 5.88. The molecule has 1 aromatic carbocycles. The van der Waals surface area contributed by atoms with Gasteiger partial charge in [0.05, 0.1) is 16.6 Å². The SMILES string of the molecule is Cc1ccc(CNS(=O)(=O)c2c(Cl)cccc2Cl)n1C. The number of nitrogens with one attached hydrogen (secondary N) is 1. The summed E-state index contributed by atoms with van der Waals surface area (Å²) in [4.78, 5) is -0.0886. The Morgan fingerprint density at radius 1 is 1.15 bits per heavy atom. The summed E-state index contributed by atoms with van der Waals surface area (Å²) in [5, 5.41) is 0.209. The van der Waals surface area contributed by atoms with Crippen LogP contribution in [0.3, 0.4) is 0 Å². The number of sulfonamides is 1. The van der Waals surface area contributed by atoms with Gasteiger partial charge < -0.3 is 4.57 Å². The van der Waals surface area contributed by atoms with E-state index in [4.69, 9.17) is 23.2 Å². The molecule has 2 aromatic rings. The smallest absolute Gasteiger partial charge is 0.243 e. The van der Waals surface area contributed by atoms with Crippen molar-refractivity contribution in [2.45, 2.75) is 18.4 Å². The molecule has 0 aliphatic rings. The van der Waals surface area contributed by atoms with Crippen LogP contribution in [0.15, 0.2) is 35.2 Å². The zero-order valence-electron chi connectivity index (χ0n) is 11.0. The van der Waals surface area contributed by atoms with E-state index in [1.54, 1.807) is 6.07 Å². The summed E-state index contributed by atoms with van der Waals surface area (Å²) in [6.07, 6.45) is 0. The van der Waals surface area contributed by atoms with Crippen molar-refractivity contribution in [3.05, 3.63) is 51.8 Å². The highest BCUT2D eigenvalue weighted by molar-refractivity contribution is 7.89. The molecule has 0 saturated carbocycles. The molecular formula is C13H14Cl2N2O2S. The van der Waals surface area contributed by atoms with Crippen molar-refractivity contribution in [1.82, 2.24) is 9.29 Å². The number of aryl methyl sites for hydroxylation is 1. The van der Waals surface area contributed by atoms with Crippen LogP contribution in [-0.2, 0) is 23.6 Å². The Hall–Kier alpha value is -1.01. The van der Waals surface area contributed by atoms with E-state index in [9.17, 15) is 8.42 Å². The normalized spacial score (nSPS) is 11.8. The molecule has 1 aromatic heterocycles. The molecule has 2 rings (SSSR count). The Morgan fingerprint density at radius 3 is 2.25 bits per heavy atom. The first-order valence-corrected chi connectivity index (χ1v) is 8.11. The number of rotatable bonds is 4. The molecule has 0 aliphatic heterocycles. The van der Waals surface area contributed by atoms with Crippen molar-refractivity contribution in [3.63, 3.8) is 0 Å². The van der Waals surface area contributed by atoms with Crippen LogP contribution < -0.4 is 4.72 Å². The van der Waals surface area contributed by atoms with Gasteiger partial charge in [-0.3, -0.25) is 0 Å². The monoisotopic (exact) mass is 332 g/mol. The molecule has 0 amide bonds. The largest absolute Gasteiger partial charge is 0.351 e. The van der Waals surface area contributed by atoms with E-state index in [0.717, 1.165) is 11.4 Å². The minimum absolute atomic E-state index is 0.0886. The van der Waals surface area contributed by atoms with E-state index in [1.165, 1.54) is 12.1 Å². The molecule has 1 heterocycles. The van der Waals surface area contributed by atoms with Gasteiger partial charge in [0.1, 0.15) is 4.90 Å². The van der Waals surface area contributed by atoms with Crippen molar-refractivity contribution in [2.75, 3.05) is 0 Å². The highest BCUT2D eigenvalue weighted by atomic mass is 35.5. The van der Waals surface area contributed by atoms with Crippen LogP contribution in [0.4, 0.5) is 0 Å². The summed E-state index contributed by atoms with van der Waals surface area (Å²) in [6.45, 7) is 2.12. The Morgan fingerprint density at radius 2 is 1.75 bits per heavy atom. The molecule has 0 fully saturated rings. The quantitative estimate of drug-likeness (QED) is 0.935. The Balaban J connectivity index is 2.26. The summed E-state index contributed by atoms with van der Waals surface area (Å²) in [5.74, 6) is 0. The molecule has 0 radical (unpaired) electrons. The second-order valence-electron chi connectivity index (χ2n) is 4.40. The average molecular weight is 333 g/mol. The second-order valence-corrected chi connectivity index (χ2v) is 6.92. The van der Waals surface area contributed by atoms with Gasteiger partial charge in [-0.25, -0.2) is 13.1 Å². The minimum atomic E-state index is -3.75. The Bertz CT molecular complexity index is 719. The zero-order chi connectivity index (χ0) is 14.9. The molecule has 1 N–H and O–H groups in total. The highest BCUT2D eigenvalue weighted by Gasteiger charge is 2.21. The molecule has 20 heavy (non-hydrogen) atoms. The summed E-state index contributed by atoms with van der Waals surface area (Å²) in [5.41, 5.74) is 1.91. The van der Waals surface area contributed by atoms with Crippen molar-refractivity contribution in [1.29, 1.82) is 0 Å². The average Bonchev–Trinajstić information content (AvgIpc) is 2.67. The molecule has 0 aliphatic carbocycles. The first kappa shape index (κ1) is 15.4. The van der Waals surface area contributed by atoms with Crippen LogP contribution in [0.2, 0.25) is 10.0 Å². The number of hydrogen-bond acceptors (Lipinski definition) is 2. The van der Waals surface area contributed by atoms with Gasteiger partial charge in [0.25, 0.3) is 0 Å². The molecule has 0 bridgehead atoms. The van der Waals surface area contributed by atoms with Gasteiger partial charge in [0.15, 0.2) is 0 Å². The lowest BCUT2D eigenvalue weighted by Crippen LogP contribution is -2.25. The number of aromatic nitrogens is 1. The summed E-state index contributed by atoms with van der Waals surface area (Å²) in [6, 6.07) is 8.38. The number of nitrogens with zero attached hydrogens (tertiary/aromatic N) is 1. The third kappa shape index (κ3) is 3.01. The minimum Gasteiger partial charge on any atom is -0.351 e. The number of benzene rings is 1. The van der Waals surface area contributed by atoms with Crippen molar-refractivity contribution in [3.8, 4) is 0 Å². The highest BCUT2D eigenvalue weighted by Crippen LogP contribution is 2.28. The molecule has 0 spiro atoms. The third-order valence-corrected chi connectivity index (χ3v) is 5.46. The topological polar surface area (TPSA) is 51.1 Å². The van der Waals surface area contributed by atoms with Gasteiger partial charge >= 0.3 is 0 Å². The Labute approximate surface area is 128 Å². The fourth-order valence-electron chi connectivity index (χ4n) is 1.82. The lowest BCUT2D eigenvalue weighted by molar-refractivity contribution is 0.579. The predicted molar refractivity (Wildman–Crippen MR) is 80.6 cm³/mol. The molecule has 4 nitrogen and oxygen atoms in total. The van der Waals surface area contributed by atoms with Crippen LogP contribution in [0.5, 0.6) is 0 Å². The van der Waals surface area contributed by atoms with E-state index in [0.29, 0.717) is 0 Å². The standard InChI is InChI=1S/C13H14Cl2N2O2S/c1-9-6-7-10(17(9)2)8-16-20(18,19)13-11(14)4-3-5-12(13)15/h3-7,16H,8H2,1-2H3. The third-order valence-electron chi connectivity index (χ3n) is 3.11. The van der Waals surface area contributed by atoms with E-state index in [1.807, 2.05) is 30.7 Å². The Kier molecular flexibility index (Phi) is 4.44. The molecule has 0 atom stereocenters. The van der Waals surface area contributed by atoms with Gasteiger partial charge in [-0.1, -0.05) is 29.3 Å². The summed E-state index contributed by atoms with van der Waals surface area (Å²) >= 11 is 11.8. The maximum absolute atomic E-state index is 12.3. The van der Waals surface area contributed by atoms with E-state index < -0.39 is 10.0 Å². The van der Waals surface area contributed by atoms with Gasteiger partial charge in [0, 0.05) is 18.4 Å². The van der Waals surface area contributed by atoms with Gasteiger partial charge in [-0.2, -0.15) is 0 Å². The van der Waals surface area contributed by atoms with Gasteiger partial charge in [-0.15, -0.1) is 0 Å². The number of hydrogen-bond donors (Lipinski definition) is 1. The predicted octanol–water partition coefficient (Wildman–Crippen LogP) is 3.12. The van der Waals surface area contributed by atoms with Crippen molar-refractivity contribution in [2.24, 2.45) is 7.05 Å². The van der Waals surface area contributed by atoms with E-state index in [2.05, 4.69) is 4.72 Å². The lowest BCUT2D eigenvalue weighted by Gasteiger charge is -2.11. The van der Waals surface area contributed by atoms with Crippen LogP contribution in [0, 0.1) is 6.92 Å². The zero-order valence-corrected chi connectivity index (χ0v) is 13.4. The van der Waals surface area contributed by atoms with Crippen molar-refractivity contribution < 1.29 is 8.42 Å². The maximum Gasteiger partial charge on any atom is 0.243 e. The summed E-state index contributed by atoms with van der Waals surface area (Å²) in [7, 11) is -1.88. The van der Waals surface area contributed by atoms with Gasteiger partial charge in [-0.05, 0) is 31.2 Å². The molecular weight excluding hydrogens is 319 g/mol. The fraction of sp³-hybridized carbons (Fsp3) is 0.231. The molecule has 7 heteroatoms. The lowest BCUT2D eigenvalue weighted by atomic mass is 10.4. The van der Waals surface area contributed by atoms with E-state index >= 15 is 0 Å². The maximum atomic E-state index is 12.3. The molecule has 0 unspecified atom stereocenters. The van der Waals surface area contributed by atoms with Crippen LogP contribution in [-0.4, -0.2) is 13.0 Å². The van der Waals surface area contributed by atoms with Crippen LogP contribution in [0.1, 0.15) is 11.4 Å².